The highest BCUT2D eigenvalue weighted by Gasteiger charge is 2.20. The molecule has 8 heteroatoms. The van der Waals surface area contributed by atoms with Gasteiger partial charge in [0.25, 0.3) is 5.56 Å². The molecular weight excluding hydrogens is 384 g/mol. The Balaban J connectivity index is 1.89. The van der Waals surface area contributed by atoms with E-state index in [1.165, 1.54) is 4.57 Å². The van der Waals surface area contributed by atoms with Gasteiger partial charge < -0.3 is 5.32 Å². The summed E-state index contributed by atoms with van der Waals surface area (Å²) in [7, 11) is 0. The predicted molar refractivity (Wildman–Crippen MR) is 107 cm³/mol. The van der Waals surface area contributed by atoms with Crippen LogP contribution in [0.15, 0.2) is 65.1 Å². The van der Waals surface area contributed by atoms with Crippen molar-refractivity contribution in [2.45, 2.75) is 23.9 Å². The summed E-state index contributed by atoms with van der Waals surface area (Å²) in [6.45, 7) is 5.48. The molecular formula is C20H17F2N3O2S. The van der Waals surface area contributed by atoms with E-state index in [1.807, 2.05) is 0 Å². The third kappa shape index (κ3) is 4.12. The largest absolute Gasteiger partial charge is 0.323 e. The lowest BCUT2D eigenvalue weighted by molar-refractivity contribution is -0.115. The van der Waals surface area contributed by atoms with Crippen LogP contribution >= 0.6 is 11.8 Å². The number of hydrogen-bond acceptors (Lipinski definition) is 4. The smallest absolute Gasteiger partial charge is 0.262 e. The lowest BCUT2D eigenvalue weighted by Gasteiger charge is -2.15. The standard InChI is InChI=1S/C20H17F2N3O2S/c1-3-10-25-19(27)14-6-4-5-7-16(14)24-20(25)28-12(2)18(26)23-17-11-13(21)8-9-15(17)22/h3-9,11-12H,1,10H2,2H3,(H,23,26)/t12-/m1/s1. The molecule has 3 rings (SSSR count). The Morgan fingerprint density at radius 2 is 2.07 bits per heavy atom. The number of rotatable bonds is 6. The minimum atomic E-state index is -0.737. The Morgan fingerprint density at radius 3 is 2.82 bits per heavy atom. The number of hydrogen-bond donors (Lipinski definition) is 1. The summed E-state index contributed by atoms with van der Waals surface area (Å²) >= 11 is 1.05. The summed E-state index contributed by atoms with van der Waals surface area (Å²) in [5, 5.41) is 2.45. The molecule has 144 valence electrons. The molecule has 0 saturated carbocycles. The van der Waals surface area contributed by atoms with Crippen LogP contribution in [0, 0.1) is 11.6 Å². The fourth-order valence-corrected chi connectivity index (χ4v) is 3.48. The molecule has 1 aromatic heterocycles. The van der Waals surface area contributed by atoms with Gasteiger partial charge >= 0.3 is 0 Å². The lowest BCUT2D eigenvalue weighted by atomic mass is 10.2. The molecule has 0 spiro atoms. The topological polar surface area (TPSA) is 64.0 Å². The monoisotopic (exact) mass is 401 g/mol. The number of carbonyl (C=O) groups is 1. The third-order valence-electron chi connectivity index (χ3n) is 3.98. The minimum Gasteiger partial charge on any atom is -0.323 e. The summed E-state index contributed by atoms with van der Waals surface area (Å²) in [6.07, 6.45) is 1.56. The number of halogens is 2. The Kier molecular flexibility index (Phi) is 5.89. The first-order chi connectivity index (χ1) is 13.4. The van der Waals surface area contributed by atoms with Crippen LogP contribution in [-0.4, -0.2) is 20.7 Å². The number of benzene rings is 2. The number of carbonyl (C=O) groups excluding carboxylic acids is 1. The zero-order valence-corrected chi connectivity index (χ0v) is 15.8. The van der Waals surface area contributed by atoms with Crippen LogP contribution in [0.2, 0.25) is 0 Å². The summed E-state index contributed by atoms with van der Waals surface area (Å²) in [5.74, 6) is -1.94. The van der Waals surface area contributed by atoms with Crippen LogP contribution in [0.4, 0.5) is 14.5 Å². The Hall–Kier alpha value is -3.00. The van der Waals surface area contributed by atoms with Crippen molar-refractivity contribution in [1.29, 1.82) is 0 Å². The maximum Gasteiger partial charge on any atom is 0.262 e. The first-order valence-corrected chi connectivity index (χ1v) is 9.31. The molecule has 0 aliphatic rings. The molecule has 0 unspecified atom stereocenters. The van der Waals surface area contributed by atoms with Gasteiger partial charge in [-0.25, -0.2) is 13.8 Å². The summed E-state index contributed by atoms with van der Waals surface area (Å²) in [5.41, 5.74) is 0.0308. The van der Waals surface area contributed by atoms with Crippen molar-refractivity contribution in [2.75, 3.05) is 5.32 Å². The predicted octanol–water partition coefficient (Wildman–Crippen LogP) is 3.98. The molecule has 1 N–H and O–H groups in total. The summed E-state index contributed by atoms with van der Waals surface area (Å²) in [4.78, 5) is 29.7. The second kappa shape index (κ2) is 8.35. The van der Waals surface area contributed by atoms with E-state index in [2.05, 4.69) is 16.9 Å². The van der Waals surface area contributed by atoms with Gasteiger partial charge in [-0.1, -0.05) is 30.0 Å². The zero-order valence-electron chi connectivity index (χ0n) is 15.0. The first-order valence-electron chi connectivity index (χ1n) is 8.43. The van der Waals surface area contributed by atoms with Gasteiger partial charge in [0.1, 0.15) is 11.6 Å². The highest BCUT2D eigenvalue weighted by Crippen LogP contribution is 2.24. The first kappa shape index (κ1) is 19.8. The van der Waals surface area contributed by atoms with Gasteiger partial charge in [0, 0.05) is 12.6 Å². The van der Waals surface area contributed by atoms with Gasteiger partial charge in [-0.15, -0.1) is 6.58 Å². The van der Waals surface area contributed by atoms with Crippen molar-refractivity contribution in [3.63, 3.8) is 0 Å². The van der Waals surface area contributed by atoms with Gasteiger partial charge in [0.15, 0.2) is 5.16 Å². The fourth-order valence-electron chi connectivity index (χ4n) is 2.57. The van der Waals surface area contributed by atoms with E-state index in [-0.39, 0.29) is 17.8 Å². The number of para-hydroxylation sites is 1. The molecule has 0 aliphatic heterocycles. The van der Waals surface area contributed by atoms with Crippen molar-refractivity contribution in [3.05, 3.63) is 77.1 Å². The molecule has 0 bridgehead atoms. The van der Waals surface area contributed by atoms with E-state index in [0.29, 0.717) is 16.1 Å². The quantitative estimate of drug-likeness (QED) is 0.386. The molecule has 0 aliphatic carbocycles. The minimum absolute atomic E-state index is 0.228. The lowest BCUT2D eigenvalue weighted by Crippen LogP contribution is -2.27. The number of allylic oxidation sites excluding steroid dienone is 1. The number of aromatic nitrogens is 2. The van der Waals surface area contributed by atoms with Crippen molar-refractivity contribution in [2.24, 2.45) is 0 Å². The van der Waals surface area contributed by atoms with Gasteiger partial charge in [0.05, 0.1) is 21.8 Å². The van der Waals surface area contributed by atoms with E-state index < -0.39 is 22.8 Å². The van der Waals surface area contributed by atoms with E-state index >= 15 is 0 Å². The number of nitrogens with zero attached hydrogens (tertiary/aromatic N) is 2. The van der Waals surface area contributed by atoms with Crippen LogP contribution in [0.25, 0.3) is 10.9 Å². The van der Waals surface area contributed by atoms with Gasteiger partial charge in [-0.2, -0.15) is 0 Å². The van der Waals surface area contributed by atoms with E-state index in [0.717, 1.165) is 30.0 Å². The van der Waals surface area contributed by atoms with Crippen LogP contribution < -0.4 is 10.9 Å². The zero-order chi connectivity index (χ0) is 20.3. The molecule has 3 aromatic rings. The average molecular weight is 401 g/mol. The van der Waals surface area contributed by atoms with Crippen molar-refractivity contribution >= 4 is 34.3 Å². The molecule has 1 amide bonds. The van der Waals surface area contributed by atoms with Crippen LogP contribution in [-0.2, 0) is 11.3 Å². The maximum absolute atomic E-state index is 13.8. The number of fused-ring (bicyclic) bond motifs is 1. The summed E-state index contributed by atoms with van der Waals surface area (Å²) in [6, 6.07) is 9.73. The molecule has 0 saturated heterocycles. The molecule has 28 heavy (non-hydrogen) atoms. The number of thioether (sulfide) groups is 1. The number of anilines is 1. The number of nitrogens with one attached hydrogen (secondary N) is 1. The Bertz CT molecular complexity index is 1110. The highest BCUT2D eigenvalue weighted by atomic mass is 32.2. The van der Waals surface area contributed by atoms with Crippen molar-refractivity contribution in [1.82, 2.24) is 9.55 Å². The molecule has 2 aromatic carbocycles. The van der Waals surface area contributed by atoms with E-state index in [9.17, 15) is 18.4 Å². The average Bonchev–Trinajstić information content (AvgIpc) is 2.67. The van der Waals surface area contributed by atoms with Gasteiger partial charge in [-0.05, 0) is 31.2 Å². The van der Waals surface area contributed by atoms with Crippen LogP contribution in [0.3, 0.4) is 0 Å². The molecule has 0 fully saturated rings. The fraction of sp³-hybridized carbons (Fsp3) is 0.150. The van der Waals surface area contributed by atoms with Crippen LogP contribution in [0.1, 0.15) is 6.92 Å². The second-order valence-electron chi connectivity index (χ2n) is 5.99. The van der Waals surface area contributed by atoms with E-state index in [4.69, 9.17) is 0 Å². The van der Waals surface area contributed by atoms with Crippen molar-refractivity contribution < 1.29 is 13.6 Å². The maximum atomic E-state index is 13.8. The molecule has 0 radical (unpaired) electrons. The Labute approximate surface area is 164 Å². The molecule has 1 atom stereocenters. The highest BCUT2D eigenvalue weighted by molar-refractivity contribution is 8.00. The van der Waals surface area contributed by atoms with Crippen LogP contribution in [0.5, 0.6) is 0 Å². The Morgan fingerprint density at radius 1 is 1.32 bits per heavy atom. The summed E-state index contributed by atoms with van der Waals surface area (Å²) < 4.78 is 28.5. The molecule has 5 nitrogen and oxygen atoms in total. The van der Waals surface area contributed by atoms with Gasteiger partial charge in [-0.3, -0.25) is 14.2 Å². The number of amides is 1. The normalized spacial score (nSPS) is 12.0. The molecule has 1 heterocycles. The van der Waals surface area contributed by atoms with Crippen molar-refractivity contribution in [3.8, 4) is 0 Å². The van der Waals surface area contributed by atoms with E-state index in [1.54, 1.807) is 37.3 Å². The third-order valence-corrected chi connectivity index (χ3v) is 5.07. The van der Waals surface area contributed by atoms with Gasteiger partial charge in [0.2, 0.25) is 5.91 Å². The SMILES string of the molecule is C=CCn1c(S[C@H](C)C(=O)Nc2cc(F)ccc2F)nc2ccccc2c1=O. The second-order valence-corrected chi connectivity index (χ2v) is 7.30.